The van der Waals surface area contributed by atoms with E-state index in [1.807, 2.05) is 0 Å². The lowest BCUT2D eigenvalue weighted by Gasteiger charge is -2.30. The number of carbonyl (C=O) groups is 1. The number of nitrogens with zero attached hydrogens (tertiary/aromatic N) is 2. The Kier molecular flexibility index (Phi) is 4.57. The van der Waals surface area contributed by atoms with E-state index in [4.69, 9.17) is 0 Å². The highest BCUT2D eigenvalue weighted by atomic mass is 16.1. The van der Waals surface area contributed by atoms with Gasteiger partial charge in [-0.1, -0.05) is 6.92 Å². The molecule has 0 aromatic heterocycles. The second kappa shape index (κ2) is 5.96. The Balaban J connectivity index is 1.84. The van der Waals surface area contributed by atoms with Crippen molar-refractivity contribution < 1.29 is 4.79 Å². The van der Waals surface area contributed by atoms with Crippen LogP contribution in [0.25, 0.3) is 0 Å². The van der Waals surface area contributed by atoms with Gasteiger partial charge in [0.1, 0.15) is 5.78 Å². The first-order chi connectivity index (χ1) is 8.15. The minimum Gasteiger partial charge on any atom is -0.305 e. The molecule has 2 unspecified atom stereocenters. The van der Waals surface area contributed by atoms with E-state index in [0.717, 1.165) is 44.8 Å². The Bertz CT molecular complexity index is 267. The molecule has 0 radical (unpaired) electrons. The smallest absolute Gasteiger partial charge is 0.137 e. The quantitative estimate of drug-likeness (QED) is 0.730. The maximum Gasteiger partial charge on any atom is 0.137 e. The summed E-state index contributed by atoms with van der Waals surface area (Å²) in [7, 11) is 2.19. The maximum atomic E-state index is 11.9. The van der Waals surface area contributed by atoms with Crippen molar-refractivity contribution in [1.82, 2.24) is 9.80 Å². The molecule has 2 atom stereocenters. The van der Waals surface area contributed by atoms with E-state index in [1.165, 1.54) is 19.5 Å². The zero-order valence-corrected chi connectivity index (χ0v) is 11.3. The van der Waals surface area contributed by atoms with Crippen LogP contribution in [0.15, 0.2) is 0 Å². The van der Waals surface area contributed by atoms with Crippen molar-refractivity contribution in [2.75, 3.05) is 39.8 Å². The normalized spacial score (nSPS) is 33.6. The predicted molar refractivity (Wildman–Crippen MR) is 70.1 cm³/mol. The molecule has 17 heavy (non-hydrogen) atoms. The van der Waals surface area contributed by atoms with Crippen LogP contribution in [0.2, 0.25) is 0 Å². The summed E-state index contributed by atoms with van der Waals surface area (Å²) in [6, 6.07) is 0. The summed E-state index contributed by atoms with van der Waals surface area (Å²) >= 11 is 0. The summed E-state index contributed by atoms with van der Waals surface area (Å²) < 4.78 is 0. The molecule has 0 spiro atoms. The lowest BCUT2D eigenvalue weighted by molar-refractivity contribution is -0.126. The van der Waals surface area contributed by atoms with Gasteiger partial charge in [-0.25, -0.2) is 0 Å². The zero-order chi connectivity index (χ0) is 12.3. The van der Waals surface area contributed by atoms with Gasteiger partial charge in [-0.15, -0.1) is 0 Å². The first-order valence-corrected chi connectivity index (χ1v) is 7.09. The molecule has 1 saturated heterocycles. The van der Waals surface area contributed by atoms with Crippen LogP contribution in [0.1, 0.15) is 32.6 Å². The fourth-order valence-electron chi connectivity index (χ4n) is 3.10. The summed E-state index contributed by atoms with van der Waals surface area (Å²) in [6.45, 7) is 7.95. The Morgan fingerprint density at radius 1 is 1.24 bits per heavy atom. The fraction of sp³-hybridized carbons (Fsp3) is 0.929. The third-order valence-electron chi connectivity index (χ3n) is 4.32. The van der Waals surface area contributed by atoms with Gasteiger partial charge in [0.2, 0.25) is 0 Å². The van der Waals surface area contributed by atoms with E-state index < -0.39 is 0 Å². The van der Waals surface area contributed by atoms with Crippen molar-refractivity contribution in [3.05, 3.63) is 0 Å². The van der Waals surface area contributed by atoms with Gasteiger partial charge >= 0.3 is 0 Å². The monoisotopic (exact) mass is 238 g/mol. The van der Waals surface area contributed by atoms with Crippen molar-refractivity contribution in [1.29, 1.82) is 0 Å². The Morgan fingerprint density at radius 3 is 2.88 bits per heavy atom. The second-order valence-corrected chi connectivity index (χ2v) is 6.00. The molecule has 2 rings (SSSR count). The molecule has 0 bridgehead atoms. The first kappa shape index (κ1) is 13.0. The van der Waals surface area contributed by atoms with Crippen LogP contribution < -0.4 is 0 Å². The maximum absolute atomic E-state index is 11.9. The number of rotatable bonds is 2. The molecule has 3 heteroatoms. The highest BCUT2D eigenvalue weighted by Gasteiger charge is 2.28. The average Bonchev–Trinajstić information content (AvgIpc) is 2.49. The molecule has 2 fully saturated rings. The molecule has 0 aromatic rings. The predicted octanol–water partition coefficient (Wildman–Crippen LogP) is 1.63. The highest BCUT2D eigenvalue weighted by molar-refractivity contribution is 5.81. The minimum atomic E-state index is 0.321. The molecule has 0 amide bonds. The number of hydrogen-bond acceptors (Lipinski definition) is 3. The van der Waals surface area contributed by atoms with Gasteiger partial charge in [0.05, 0.1) is 0 Å². The van der Waals surface area contributed by atoms with Crippen molar-refractivity contribution >= 4 is 5.78 Å². The van der Waals surface area contributed by atoms with E-state index in [0.29, 0.717) is 11.7 Å². The molecule has 1 aliphatic carbocycles. The molecule has 2 aliphatic rings. The first-order valence-electron chi connectivity index (χ1n) is 7.09. The Hall–Kier alpha value is -0.410. The van der Waals surface area contributed by atoms with Crippen LogP contribution in [-0.2, 0) is 4.79 Å². The summed E-state index contributed by atoms with van der Waals surface area (Å²) in [5.74, 6) is 1.58. The fourth-order valence-corrected chi connectivity index (χ4v) is 3.10. The van der Waals surface area contributed by atoms with Crippen LogP contribution in [0, 0.1) is 11.8 Å². The summed E-state index contributed by atoms with van der Waals surface area (Å²) in [5, 5.41) is 0. The minimum absolute atomic E-state index is 0.321. The van der Waals surface area contributed by atoms with Gasteiger partial charge in [0, 0.05) is 32.0 Å². The number of carbonyl (C=O) groups excluding carboxylic acids is 1. The third kappa shape index (κ3) is 3.78. The van der Waals surface area contributed by atoms with Gasteiger partial charge in [-0.3, -0.25) is 4.79 Å². The standard InChI is InChI=1S/C14H26N2O/c1-12-4-5-14(17)13(10-12)11-16-7-3-6-15(2)8-9-16/h12-13H,3-11H2,1-2H3. The van der Waals surface area contributed by atoms with Gasteiger partial charge in [-0.05, 0) is 45.3 Å². The summed E-state index contributed by atoms with van der Waals surface area (Å²) in [6.07, 6.45) is 4.29. The number of likely N-dealkylation sites (N-methyl/N-ethyl adjacent to an activating group) is 1. The SMILES string of the molecule is CC1CCC(=O)C(CN2CCCN(C)CC2)C1. The van der Waals surface area contributed by atoms with E-state index in [1.54, 1.807) is 0 Å². The van der Waals surface area contributed by atoms with Crippen molar-refractivity contribution in [2.45, 2.75) is 32.6 Å². The molecular formula is C14H26N2O. The Labute approximate surface area is 105 Å². The van der Waals surface area contributed by atoms with Crippen molar-refractivity contribution in [3.63, 3.8) is 0 Å². The van der Waals surface area contributed by atoms with Crippen LogP contribution in [0.4, 0.5) is 0 Å². The van der Waals surface area contributed by atoms with Gasteiger partial charge in [0.15, 0.2) is 0 Å². The van der Waals surface area contributed by atoms with Gasteiger partial charge < -0.3 is 9.80 Å². The van der Waals surface area contributed by atoms with E-state index in [9.17, 15) is 4.79 Å². The van der Waals surface area contributed by atoms with Crippen molar-refractivity contribution in [2.24, 2.45) is 11.8 Å². The number of hydrogen-bond donors (Lipinski definition) is 0. The molecule has 3 nitrogen and oxygen atoms in total. The molecule has 1 saturated carbocycles. The largest absolute Gasteiger partial charge is 0.305 e. The molecule has 98 valence electrons. The molecule has 0 aromatic carbocycles. The van der Waals surface area contributed by atoms with Crippen LogP contribution >= 0.6 is 0 Å². The molecule has 1 aliphatic heterocycles. The number of Topliss-reactive ketones (excluding diaryl/α,β-unsaturated/α-hetero) is 1. The van der Waals surface area contributed by atoms with Gasteiger partial charge in [-0.2, -0.15) is 0 Å². The third-order valence-corrected chi connectivity index (χ3v) is 4.32. The van der Waals surface area contributed by atoms with Crippen LogP contribution in [0.5, 0.6) is 0 Å². The lowest BCUT2D eigenvalue weighted by Crippen LogP contribution is -2.38. The van der Waals surface area contributed by atoms with Crippen LogP contribution in [0.3, 0.4) is 0 Å². The van der Waals surface area contributed by atoms with Crippen molar-refractivity contribution in [3.8, 4) is 0 Å². The second-order valence-electron chi connectivity index (χ2n) is 6.00. The van der Waals surface area contributed by atoms with E-state index in [-0.39, 0.29) is 0 Å². The van der Waals surface area contributed by atoms with Crippen LogP contribution in [-0.4, -0.2) is 55.4 Å². The summed E-state index contributed by atoms with van der Waals surface area (Å²) in [5.41, 5.74) is 0. The van der Waals surface area contributed by atoms with Gasteiger partial charge in [0.25, 0.3) is 0 Å². The molecule has 1 heterocycles. The highest BCUT2D eigenvalue weighted by Crippen LogP contribution is 2.26. The average molecular weight is 238 g/mol. The number of ketones is 1. The topological polar surface area (TPSA) is 23.6 Å². The van der Waals surface area contributed by atoms with E-state index in [2.05, 4.69) is 23.8 Å². The molecular weight excluding hydrogens is 212 g/mol. The zero-order valence-electron chi connectivity index (χ0n) is 11.3. The van der Waals surface area contributed by atoms with E-state index >= 15 is 0 Å². The summed E-state index contributed by atoms with van der Waals surface area (Å²) in [4.78, 5) is 16.8. The lowest BCUT2D eigenvalue weighted by atomic mass is 9.81. The molecule has 0 N–H and O–H groups in total. The Morgan fingerprint density at radius 2 is 2.06 bits per heavy atom.